The van der Waals surface area contributed by atoms with Gasteiger partial charge >= 0.3 is 0 Å². The lowest BCUT2D eigenvalue weighted by atomic mass is 10.1. The van der Waals surface area contributed by atoms with Crippen LogP contribution in [0.25, 0.3) is 21.8 Å². The fourth-order valence-corrected chi connectivity index (χ4v) is 3.68. The van der Waals surface area contributed by atoms with Gasteiger partial charge in [-0.15, -0.1) is 0 Å². The minimum Gasteiger partial charge on any atom is -0.350 e. The highest BCUT2D eigenvalue weighted by molar-refractivity contribution is 5.94. The zero-order chi connectivity index (χ0) is 19.7. The normalized spacial score (nSPS) is 11.1. The van der Waals surface area contributed by atoms with E-state index in [2.05, 4.69) is 37.4 Å². The van der Waals surface area contributed by atoms with Crippen molar-refractivity contribution in [2.45, 2.75) is 26.9 Å². The van der Waals surface area contributed by atoms with E-state index in [-0.39, 0.29) is 17.9 Å². The first-order valence-electron chi connectivity index (χ1n) is 9.38. The molecule has 4 rings (SSSR count). The van der Waals surface area contributed by atoms with E-state index in [4.69, 9.17) is 0 Å². The van der Waals surface area contributed by atoms with Crippen LogP contribution in [0, 0.1) is 13.8 Å². The standard InChI is InChI=1S/C24H22N2O2/c1-16-11-12-18(17(2)13-16)14-25-23(27)15-26-21-9-5-3-7-19(21)24(28)20-8-4-6-10-22(20)26/h3-13H,14-15H2,1-2H3,(H,25,27). The van der Waals surface area contributed by atoms with E-state index in [1.165, 1.54) is 11.1 Å². The van der Waals surface area contributed by atoms with Crippen molar-refractivity contribution in [3.8, 4) is 0 Å². The van der Waals surface area contributed by atoms with Gasteiger partial charge in [0.25, 0.3) is 0 Å². The van der Waals surface area contributed by atoms with E-state index in [1.54, 1.807) is 0 Å². The molecule has 0 radical (unpaired) electrons. The third-order valence-corrected chi connectivity index (χ3v) is 5.15. The molecule has 4 heteroatoms. The fraction of sp³-hybridized carbons (Fsp3) is 0.167. The number of hydrogen-bond donors (Lipinski definition) is 1. The van der Waals surface area contributed by atoms with Gasteiger partial charge in [0, 0.05) is 17.3 Å². The molecule has 1 amide bonds. The van der Waals surface area contributed by atoms with Crippen molar-refractivity contribution >= 4 is 27.7 Å². The molecule has 0 saturated heterocycles. The molecule has 0 atom stereocenters. The Morgan fingerprint density at radius 1 is 0.893 bits per heavy atom. The highest BCUT2D eigenvalue weighted by Gasteiger charge is 2.13. The molecular weight excluding hydrogens is 348 g/mol. The maximum absolute atomic E-state index is 12.8. The summed E-state index contributed by atoms with van der Waals surface area (Å²) in [4.78, 5) is 25.5. The van der Waals surface area contributed by atoms with Gasteiger partial charge in [0.05, 0.1) is 11.0 Å². The predicted molar refractivity (Wildman–Crippen MR) is 113 cm³/mol. The number of carbonyl (C=O) groups excluding carboxylic acids is 1. The Hall–Kier alpha value is -3.40. The highest BCUT2D eigenvalue weighted by Crippen LogP contribution is 2.19. The molecule has 0 bridgehead atoms. The van der Waals surface area contributed by atoms with Gasteiger partial charge in [-0.3, -0.25) is 9.59 Å². The second-order valence-electron chi connectivity index (χ2n) is 7.16. The second-order valence-corrected chi connectivity index (χ2v) is 7.16. The molecule has 4 nitrogen and oxygen atoms in total. The zero-order valence-electron chi connectivity index (χ0n) is 16.0. The van der Waals surface area contributed by atoms with Crippen LogP contribution >= 0.6 is 0 Å². The first kappa shape index (κ1) is 18.0. The van der Waals surface area contributed by atoms with Gasteiger partial charge in [-0.2, -0.15) is 0 Å². The summed E-state index contributed by atoms with van der Waals surface area (Å²) in [5.74, 6) is -0.0843. The minimum absolute atomic E-state index is 0.00172. The molecule has 0 saturated carbocycles. The van der Waals surface area contributed by atoms with Gasteiger partial charge in [0.1, 0.15) is 6.54 Å². The average molecular weight is 370 g/mol. The van der Waals surface area contributed by atoms with Crippen LogP contribution in [-0.4, -0.2) is 10.5 Å². The molecular formula is C24H22N2O2. The van der Waals surface area contributed by atoms with Crippen LogP contribution in [0.1, 0.15) is 16.7 Å². The summed E-state index contributed by atoms with van der Waals surface area (Å²) in [5, 5.41) is 4.27. The van der Waals surface area contributed by atoms with Gasteiger partial charge < -0.3 is 9.88 Å². The maximum Gasteiger partial charge on any atom is 0.240 e. The van der Waals surface area contributed by atoms with Crippen LogP contribution in [0.5, 0.6) is 0 Å². The quantitative estimate of drug-likeness (QED) is 0.550. The van der Waals surface area contributed by atoms with Crippen molar-refractivity contribution in [1.82, 2.24) is 9.88 Å². The molecule has 1 aromatic heterocycles. The molecule has 140 valence electrons. The van der Waals surface area contributed by atoms with Crippen LogP contribution in [0.4, 0.5) is 0 Å². The van der Waals surface area contributed by atoms with Crippen molar-refractivity contribution in [3.05, 3.63) is 93.6 Å². The molecule has 0 aliphatic heterocycles. The number of aromatic nitrogens is 1. The SMILES string of the molecule is Cc1ccc(CNC(=O)Cn2c3ccccc3c(=O)c3ccccc32)c(C)c1. The lowest BCUT2D eigenvalue weighted by Gasteiger charge is -2.15. The Bertz CT molecular complexity index is 1190. The van der Waals surface area contributed by atoms with Crippen molar-refractivity contribution in [2.24, 2.45) is 0 Å². The number of rotatable bonds is 4. The summed E-state index contributed by atoms with van der Waals surface area (Å²) >= 11 is 0. The first-order valence-corrected chi connectivity index (χ1v) is 9.38. The van der Waals surface area contributed by atoms with Crippen LogP contribution in [0.3, 0.4) is 0 Å². The van der Waals surface area contributed by atoms with Gasteiger partial charge in [0.2, 0.25) is 5.91 Å². The third-order valence-electron chi connectivity index (χ3n) is 5.15. The van der Waals surface area contributed by atoms with E-state index in [0.29, 0.717) is 17.3 Å². The fourth-order valence-electron chi connectivity index (χ4n) is 3.68. The summed E-state index contributed by atoms with van der Waals surface area (Å²) in [5.41, 5.74) is 5.02. The Morgan fingerprint density at radius 3 is 2.11 bits per heavy atom. The summed E-state index contributed by atoms with van der Waals surface area (Å²) < 4.78 is 1.92. The Labute approximate surface area is 163 Å². The van der Waals surface area contributed by atoms with Gasteiger partial charge in [-0.25, -0.2) is 0 Å². The van der Waals surface area contributed by atoms with Crippen molar-refractivity contribution in [3.63, 3.8) is 0 Å². The van der Waals surface area contributed by atoms with Gasteiger partial charge in [-0.1, -0.05) is 48.0 Å². The smallest absolute Gasteiger partial charge is 0.240 e. The number of pyridine rings is 1. The molecule has 4 aromatic rings. The summed E-state index contributed by atoms with van der Waals surface area (Å²) in [7, 11) is 0. The number of nitrogens with one attached hydrogen (secondary N) is 1. The van der Waals surface area contributed by atoms with Crippen molar-refractivity contribution in [1.29, 1.82) is 0 Å². The van der Waals surface area contributed by atoms with E-state index in [0.717, 1.165) is 16.6 Å². The molecule has 0 spiro atoms. The largest absolute Gasteiger partial charge is 0.350 e. The number of amides is 1. The molecule has 3 aromatic carbocycles. The number of fused-ring (bicyclic) bond motifs is 2. The minimum atomic E-state index is -0.0843. The van der Waals surface area contributed by atoms with Crippen LogP contribution in [0.2, 0.25) is 0 Å². The molecule has 28 heavy (non-hydrogen) atoms. The van der Waals surface area contributed by atoms with E-state index < -0.39 is 0 Å². The number of carbonyl (C=O) groups is 1. The van der Waals surface area contributed by atoms with Crippen molar-refractivity contribution in [2.75, 3.05) is 0 Å². The number of nitrogens with zero attached hydrogens (tertiary/aromatic N) is 1. The van der Waals surface area contributed by atoms with Crippen LogP contribution < -0.4 is 10.7 Å². The number of hydrogen-bond acceptors (Lipinski definition) is 2. The zero-order valence-corrected chi connectivity index (χ0v) is 16.0. The predicted octanol–water partition coefficient (Wildman–Crippen LogP) is 4.09. The Balaban J connectivity index is 1.67. The first-order chi connectivity index (χ1) is 13.5. The monoisotopic (exact) mass is 370 g/mol. The molecule has 0 fully saturated rings. The van der Waals surface area contributed by atoms with Crippen molar-refractivity contribution < 1.29 is 4.79 Å². The molecule has 0 unspecified atom stereocenters. The Kier molecular flexibility index (Phi) is 4.70. The molecule has 0 aliphatic rings. The molecule has 0 aliphatic carbocycles. The summed E-state index contributed by atoms with van der Waals surface area (Å²) in [6.07, 6.45) is 0. The summed E-state index contributed by atoms with van der Waals surface area (Å²) in [6.45, 7) is 4.76. The number of benzene rings is 3. The highest BCUT2D eigenvalue weighted by atomic mass is 16.2. The van der Waals surface area contributed by atoms with Gasteiger partial charge in [0.15, 0.2) is 5.43 Å². The topological polar surface area (TPSA) is 51.1 Å². The lowest BCUT2D eigenvalue weighted by Crippen LogP contribution is -2.28. The Morgan fingerprint density at radius 2 is 1.50 bits per heavy atom. The van der Waals surface area contributed by atoms with E-state index in [1.807, 2.05) is 53.1 Å². The van der Waals surface area contributed by atoms with E-state index in [9.17, 15) is 9.59 Å². The maximum atomic E-state index is 12.8. The molecule has 1 heterocycles. The lowest BCUT2D eigenvalue weighted by molar-refractivity contribution is -0.121. The number of para-hydroxylation sites is 2. The van der Waals surface area contributed by atoms with E-state index >= 15 is 0 Å². The average Bonchev–Trinajstić information content (AvgIpc) is 2.70. The van der Waals surface area contributed by atoms with Crippen LogP contribution in [0.15, 0.2) is 71.5 Å². The summed E-state index contributed by atoms with van der Waals surface area (Å²) in [6, 6.07) is 21.1. The third kappa shape index (κ3) is 3.29. The number of aryl methyl sites for hydroxylation is 2. The molecule has 1 N–H and O–H groups in total. The van der Waals surface area contributed by atoms with Gasteiger partial charge in [-0.05, 0) is 49.2 Å². The second kappa shape index (κ2) is 7.31. The van der Waals surface area contributed by atoms with Crippen LogP contribution in [-0.2, 0) is 17.9 Å².